The molecule has 1 fully saturated rings. The van der Waals surface area contributed by atoms with Crippen LogP contribution in [0.15, 0.2) is 115 Å². The fourth-order valence-corrected chi connectivity index (χ4v) is 6.57. The number of ether oxygens (including phenoxy) is 1. The van der Waals surface area contributed by atoms with E-state index in [1.54, 1.807) is 30.5 Å². The third-order valence-electron chi connectivity index (χ3n) is 8.87. The summed E-state index contributed by atoms with van der Waals surface area (Å²) in [6.45, 7) is 1.21. The fraction of sp³-hybridized carbons (Fsp3) is 0.162. The lowest BCUT2D eigenvalue weighted by Crippen LogP contribution is -2.53. The van der Waals surface area contributed by atoms with Gasteiger partial charge in [0.2, 0.25) is 0 Å². The third-order valence-corrected chi connectivity index (χ3v) is 8.87. The van der Waals surface area contributed by atoms with Crippen LogP contribution in [0, 0.1) is 0 Å². The minimum absolute atomic E-state index is 0.122. The van der Waals surface area contributed by atoms with Crippen molar-refractivity contribution in [3.8, 4) is 16.9 Å². The highest BCUT2D eigenvalue weighted by molar-refractivity contribution is 6.06. The molecule has 5 aromatic rings. The number of amides is 1. The van der Waals surface area contributed by atoms with Gasteiger partial charge in [0.05, 0.1) is 28.4 Å². The van der Waals surface area contributed by atoms with E-state index in [1.807, 2.05) is 78.9 Å². The molecule has 0 radical (unpaired) electrons. The number of anilines is 3. The van der Waals surface area contributed by atoms with E-state index in [-0.39, 0.29) is 23.5 Å². The van der Waals surface area contributed by atoms with E-state index in [4.69, 9.17) is 10.5 Å². The monoisotopic (exact) mass is 596 g/mol. The van der Waals surface area contributed by atoms with Crippen molar-refractivity contribution < 1.29 is 19.4 Å². The number of carbonyl (C=O) groups is 2. The predicted octanol–water partition coefficient (Wildman–Crippen LogP) is 6.63. The number of carbonyl (C=O) groups excluding carboxylic acids is 2. The number of aromatic hydroxyl groups is 1. The molecule has 4 aromatic carbocycles. The lowest BCUT2D eigenvalue weighted by Gasteiger charge is -2.49. The Hall–Kier alpha value is -5.63. The van der Waals surface area contributed by atoms with Gasteiger partial charge in [-0.3, -0.25) is 4.79 Å². The maximum absolute atomic E-state index is 13.2. The number of nitrogens with zero attached hydrogens (tertiary/aromatic N) is 2. The van der Waals surface area contributed by atoms with Gasteiger partial charge >= 0.3 is 5.97 Å². The fourth-order valence-electron chi connectivity index (χ4n) is 6.57. The zero-order chi connectivity index (χ0) is 31.0. The number of nitrogen functional groups attached to an aromatic ring is 1. The number of pyridine rings is 1. The zero-order valence-electron chi connectivity index (χ0n) is 24.5. The molecule has 1 spiro atoms. The van der Waals surface area contributed by atoms with Gasteiger partial charge in [0.15, 0.2) is 0 Å². The summed E-state index contributed by atoms with van der Waals surface area (Å²) >= 11 is 0. The van der Waals surface area contributed by atoms with Gasteiger partial charge in [-0.15, -0.1) is 0 Å². The van der Waals surface area contributed by atoms with Gasteiger partial charge in [-0.25, -0.2) is 9.78 Å². The Morgan fingerprint density at radius 2 is 1.62 bits per heavy atom. The number of rotatable bonds is 5. The van der Waals surface area contributed by atoms with E-state index in [9.17, 15) is 14.7 Å². The Bertz CT molecular complexity index is 1870. The van der Waals surface area contributed by atoms with Crippen molar-refractivity contribution in [2.45, 2.75) is 24.4 Å². The molecule has 1 amide bonds. The van der Waals surface area contributed by atoms with Crippen LogP contribution in [-0.4, -0.2) is 40.7 Å². The molecule has 1 atom stereocenters. The summed E-state index contributed by atoms with van der Waals surface area (Å²) in [4.78, 5) is 33.1. The molecule has 1 aromatic heterocycles. The van der Waals surface area contributed by atoms with Gasteiger partial charge in [0.1, 0.15) is 17.2 Å². The molecule has 1 saturated heterocycles. The maximum Gasteiger partial charge on any atom is 0.339 e. The van der Waals surface area contributed by atoms with Crippen LogP contribution in [0.3, 0.4) is 0 Å². The first-order valence-corrected chi connectivity index (χ1v) is 15.0. The molecular formula is C37H32N4O4. The van der Waals surface area contributed by atoms with Gasteiger partial charge in [-0.1, -0.05) is 66.7 Å². The van der Waals surface area contributed by atoms with E-state index in [1.165, 1.54) is 6.07 Å². The molecule has 224 valence electrons. The average Bonchev–Trinajstić information content (AvgIpc) is 3.07. The Labute approximate surface area is 261 Å². The van der Waals surface area contributed by atoms with Gasteiger partial charge in [-0.2, -0.15) is 0 Å². The van der Waals surface area contributed by atoms with Crippen molar-refractivity contribution >= 4 is 29.1 Å². The molecule has 3 heterocycles. The Kier molecular flexibility index (Phi) is 7.17. The van der Waals surface area contributed by atoms with Crippen molar-refractivity contribution in [3.63, 3.8) is 0 Å². The number of benzene rings is 4. The number of nitrogens with two attached hydrogens (primary N) is 1. The van der Waals surface area contributed by atoms with Crippen LogP contribution in [0.2, 0.25) is 0 Å². The molecule has 7 rings (SSSR count). The summed E-state index contributed by atoms with van der Waals surface area (Å²) in [6, 6.07) is 33.9. The molecule has 1 unspecified atom stereocenters. The van der Waals surface area contributed by atoms with Crippen LogP contribution < -0.4 is 16.0 Å². The zero-order valence-corrected chi connectivity index (χ0v) is 24.5. The van der Waals surface area contributed by atoms with E-state index in [0.717, 1.165) is 28.1 Å². The second kappa shape index (κ2) is 11.5. The van der Waals surface area contributed by atoms with E-state index >= 15 is 0 Å². The highest BCUT2D eigenvalue weighted by Gasteiger charge is 2.51. The van der Waals surface area contributed by atoms with Gasteiger partial charge in [-0.05, 0) is 64.7 Å². The largest absolute Gasteiger partial charge is 0.508 e. The van der Waals surface area contributed by atoms with Crippen LogP contribution in [0.4, 0.5) is 17.2 Å². The molecule has 8 heteroatoms. The minimum atomic E-state index is -0.760. The van der Waals surface area contributed by atoms with Crippen LogP contribution in [0.5, 0.6) is 5.75 Å². The number of hydrogen-bond donors (Lipinski definition) is 3. The van der Waals surface area contributed by atoms with Gasteiger partial charge < -0.3 is 25.8 Å². The molecule has 0 aliphatic carbocycles. The first-order chi connectivity index (χ1) is 21.9. The van der Waals surface area contributed by atoms with E-state index in [2.05, 4.69) is 15.2 Å². The molecule has 8 nitrogen and oxygen atoms in total. The average molecular weight is 597 g/mol. The van der Waals surface area contributed by atoms with Gasteiger partial charge in [0, 0.05) is 32.1 Å². The highest BCUT2D eigenvalue weighted by Crippen LogP contribution is 2.49. The molecule has 0 saturated carbocycles. The number of nitrogens with one attached hydrogen (secondary N) is 1. The predicted molar refractivity (Wildman–Crippen MR) is 174 cm³/mol. The highest BCUT2D eigenvalue weighted by atomic mass is 16.6. The van der Waals surface area contributed by atoms with E-state index < -0.39 is 5.60 Å². The summed E-state index contributed by atoms with van der Waals surface area (Å²) in [6.07, 6.45) is 2.72. The molecule has 4 N–H and O–H groups in total. The molecular weight excluding hydrogens is 564 g/mol. The minimum Gasteiger partial charge on any atom is -0.508 e. The summed E-state index contributed by atoms with van der Waals surface area (Å²) < 4.78 is 6.25. The molecule has 45 heavy (non-hydrogen) atoms. The summed E-state index contributed by atoms with van der Waals surface area (Å²) in [5, 5.41) is 13.3. The van der Waals surface area contributed by atoms with Gasteiger partial charge in [0.25, 0.3) is 5.91 Å². The second-order valence-corrected chi connectivity index (χ2v) is 11.6. The summed E-state index contributed by atoms with van der Waals surface area (Å²) in [7, 11) is 0. The lowest BCUT2D eigenvalue weighted by atomic mass is 9.69. The lowest BCUT2D eigenvalue weighted by molar-refractivity contribution is -0.0470. The van der Waals surface area contributed by atoms with Crippen molar-refractivity contribution in [2.24, 2.45) is 0 Å². The third kappa shape index (κ3) is 5.35. The van der Waals surface area contributed by atoms with Crippen molar-refractivity contribution in [1.82, 2.24) is 4.98 Å². The van der Waals surface area contributed by atoms with Crippen molar-refractivity contribution in [2.75, 3.05) is 29.0 Å². The number of phenolic OH excluding ortho intramolecular Hbond substituents is 1. The smallest absolute Gasteiger partial charge is 0.339 e. The quantitative estimate of drug-likeness (QED) is 0.154. The van der Waals surface area contributed by atoms with Crippen LogP contribution >= 0.6 is 0 Å². The number of hydrogen-bond acceptors (Lipinski definition) is 7. The second-order valence-electron chi connectivity index (χ2n) is 11.6. The molecule has 0 bridgehead atoms. The number of esters is 1. The number of phenols is 1. The topological polar surface area (TPSA) is 118 Å². The molecule has 2 aliphatic heterocycles. The maximum atomic E-state index is 13.2. The van der Waals surface area contributed by atoms with Crippen LogP contribution in [-0.2, 0) is 4.74 Å². The SMILES string of the molecule is Nc1ccc(-c2ccccc2)cc1NC(=O)c1ccc(N2CCC3(CC2)OC(=O)c2ccc(O)cc2C3c2ccccc2)nc1. The number of fused-ring (bicyclic) bond motifs is 1. The standard InChI is InChI=1S/C37H32N4O4/c38-31-15-11-26(24-7-3-1-4-8-24)21-32(31)40-35(43)27-12-16-33(39-23-27)41-19-17-37(18-20-41)34(25-9-5-2-6-10-25)30-22-28(42)13-14-29(30)36(44)45-37/h1-16,21-23,34,42H,17-20,38H2,(H,40,43). The van der Waals surface area contributed by atoms with E-state index in [0.29, 0.717) is 48.4 Å². The Morgan fingerprint density at radius 1 is 0.889 bits per heavy atom. The summed E-state index contributed by atoms with van der Waals surface area (Å²) in [5.41, 5.74) is 11.1. The molecule has 2 aliphatic rings. The van der Waals surface area contributed by atoms with Crippen molar-refractivity contribution in [1.29, 1.82) is 0 Å². The first kappa shape index (κ1) is 28.2. The first-order valence-electron chi connectivity index (χ1n) is 15.0. The Balaban J connectivity index is 1.08. The Morgan fingerprint density at radius 3 is 2.33 bits per heavy atom. The number of piperidine rings is 1. The normalized spacial score (nSPS) is 16.9. The number of aromatic nitrogens is 1. The van der Waals surface area contributed by atoms with Crippen molar-refractivity contribution in [3.05, 3.63) is 138 Å². The van der Waals surface area contributed by atoms with Crippen LogP contribution in [0.1, 0.15) is 50.6 Å². The van der Waals surface area contributed by atoms with Crippen LogP contribution in [0.25, 0.3) is 11.1 Å². The summed E-state index contributed by atoms with van der Waals surface area (Å²) in [5.74, 6) is -0.0211.